The van der Waals surface area contributed by atoms with Gasteiger partial charge in [-0.15, -0.1) is 11.8 Å². The van der Waals surface area contributed by atoms with Crippen LogP contribution in [0.25, 0.3) is 0 Å². The highest BCUT2D eigenvalue weighted by molar-refractivity contribution is 8.00. The monoisotopic (exact) mass is 459 g/mol. The molecule has 10 heteroatoms. The zero-order valence-corrected chi connectivity index (χ0v) is 18.9. The molecule has 1 aliphatic rings. The molecule has 1 unspecified atom stereocenters. The van der Waals surface area contributed by atoms with E-state index < -0.39 is 11.8 Å². The number of hydrogen-bond donors (Lipinski definition) is 2. The molecule has 0 spiro atoms. The molecular formula is C22H25N3O6S. The molecule has 1 atom stereocenters. The lowest BCUT2D eigenvalue weighted by Crippen LogP contribution is -2.28. The second-order valence-corrected chi connectivity index (χ2v) is 8.05. The van der Waals surface area contributed by atoms with Gasteiger partial charge in [-0.25, -0.2) is 0 Å². The summed E-state index contributed by atoms with van der Waals surface area (Å²) in [5.41, 5.74) is 6.35. The standard InChI is InChI=1S/C22H25N3O6S/c1-29-16-9-14(10-17(30-2)21(16)31-3)25-11-13(8-20(25)27)22(28)24-15-6-4-5-7-18(15)32-12-19(23)26/h4-7,9-10,13H,8,11-12H2,1-3H3,(H2,23,26)(H,24,28). The highest BCUT2D eigenvalue weighted by Gasteiger charge is 2.36. The lowest BCUT2D eigenvalue weighted by Gasteiger charge is -2.20. The van der Waals surface area contributed by atoms with Gasteiger partial charge in [-0.2, -0.15) is 0 Å². The number of methoxy groups -OCH3 is 3. The van der Waals surface area contributed by atoms with Crippen molar-refractivity contribution in [2.75, 3.05) is 43.8 Å². The summed E-state index contributed by atoms with van der Waals surface area (Å²) in [4.78, 5) is 39.0. The molecule has 1 heterocycles. The molecular weight excluding hydrogens is 434 g/mol. The Bertz CT molecular complexity index is 1000. The molecule has 2 aromatic rings. The normalized spacial score (nSPS) is 15.4. The first-order chi connectivity index (χ1) is 15.4. The maximum atomic E-state index is 12.9. The van der Waals surface area contributed by atoms with Gasteiger partial charge in [0.25, 0.3) is 0 Å². The first kappa shape index (κ1) is 23.3. The molecule has 0 aromatic heterocycles. The van der Waals surface area contributed by atoms with Crippen molar-refractivity contribution < 1.29 is 28.6 Å². The summed E-state index contributed by atoms with van der Waals surface area (Å²) in [5.74, 6) is -0.0924. The van der Waals surface area contributed by atoms with Gasteiger partial charge in [0.1, 0.15) is 0 Å². The first-order valence-corrected chi connectivity index (χ1v) is 10.8. The molecule has 170 valence electrons. The smallest absolute Gasteiger partial charge is 0.229 e. The summed E-state index contributed by atoms with van der Waals surface area (Å²) in [6, 6.07) is 10.5. The minimum absolute atomic E-state index is 0.0685. The van der Waals surface area contributed by atoms with Gasteiger partial charge in [-0.1, -0.05) is 12.1 Å². The van der Waals surface area contributed by atoms with Gasteiger partial charge in [-0.05, 0) is 12.1 Å². The number of para-hydroxylation sites is 1. The number of ether oxygens (including phenoxy) is 3. The largest absolute Gasteiger partial charge is 0.493 e. The Labute approximate surface area is 190 Å². The van der Waals surface area contributed by atoms with Crippen LogP contribution in [0.5, 0.6) is 17.2 Å². The zero-order chi connectivity index (χ0) is 23.3. The number of rotatable bonds is 9. The predicted molar refractivity (Wildman–Crippen MR) is 122 cm³/mol. The number of hydrogen-bond acceptors (Lipinski definition) is 7. The summed E-state index contributed by atoms with van der Waals surface area (Å²) in [6.45, 7) is 0.208. The molecule has 0 radical (unpaired) electrons. The van der Waals surface area contributed by atoms with Gasteiger partial charge in [0.05, 0.1) is 44.4 Å². The maximum Gasteiger partial charge on any atom is 0.229 e. The molecule has 2 aromatic carbocycles. The van der Waals surface area contributed by atoms with Crippen LogP contribution in [0.4, 0.5) is 11.4 Å². The summed E-state index contributed by atoms with van der Waals surface area (Å²) >= 11 is 1.24. The second kappa shape index (κ2) is 10.3. The third kappa shape index (κ3) is 5.08. The number of nitrogens with zero attached hydrogens (tertiary/aromatic N) is 1. The van der Waals surface area contributed by atoms with Crippen molar-refractivity contribution in [3.63, 3.8) is 0 Å². The molecule has 3 amide bonds. The van der Waals surface area contributed by atoms with Gasteiger partial charge >= 0.3 is 0 Å². The topological polar surface area (TPSA) is 120 Å². The molecule has 1 saturated heterocycles. The number of thioether (sulfide) groups is 1. The fourth-order valence-electron chi connectivity index (χ4n) is 3.44. The number of nitrogens with one attached hydrogen (secondary N) is 1. The SMILES string of the molecule is COc1cc(N2CC(C(=O)Nc3ccccc3SCC(N)=O)CC2=O)cc(OC)c1OC. The van der Waals surface area contributed by atoms with E-state index in [-0.39, 0.29) is 30.5 Å². The van der Waals surface area contributed by atoms with E-state index in [2.05, 4.69) is 5.32 Å². The maximum absolute atomic E-state index is 12.9. The number of benzene rings is 2. The van der Waals surface area contributed by atoms with Crippen molar-refractivity contribution in [2.45, 2.75) is 11.3 Å². The highest BCUT2D eigenvalue weighted by Crippen LogP contribution is 2.42. The molecule has 0 saturated carbocycles. The van der Waals surface area contributed by atoms with Gasteiger partial charge in [0, 0.05) is 30.0 Å². The Hall–Kier alpha value is -3.40. The van der Waals surface area contributed by atoms with E-state index >= 15 is 0 Å². The van der Waals surface area contributed by atoms with Crippen LogP contribution in [0.1, 0.15) is 6.42 Å². The van der Waals surface area contributed by atoms with Crippen molar-refractivity contribution in [3.8, 4) is 17.2 Å². The summed E-state index contributed by atoms with van der Waals surface area (Å²) < 4.78 is 16.1. The van der Waals surface area contributed by atoms with Gasteiger partial charge < -0.3 is 30.2 Å². The van der Waals surface area contributed by atoms with Crippen molar-refractivity contribution in [3.05, 3.63) is 36.4 Å². The Morgan fingerprint density at radius 3 is 2.38 bits per heavy atom. The minimum Gasteiger partial charge on any atom is -0.493 e. The lowest BCUT2D eigenvalue weighted by atomic mass is 10.1. The molecule has 0 bridgehead atoms. The number of carbonyl (C=O) groups excluding carboxylic acids is 3. The zero-order valence-electron chi connectivity index (χ0n) is 18.0. The van der Waals surface area contributed by atoms with Crippen LogP contribution in [0.2, 0.25) is 0 Å². The molecule has 3 rings (SSSR count). The molecule has 32 heavy (non-hydrogen) atoms. The quantitative estimate of drug-likeness (QED) is 0.552. The fraction of sp³-hybridized carbons (Fsp3) is 0.318. The van der Waals surface area contributed by atoms with E-state index in [4.69, 9.17) is 19.9 Å². The van der Waals surface area contributed by atoms with Crippen LogP contribution >= 0.6 is 11.8 Å². The van der Waals surface area contributed by atoms with Crippen molar-refractivity contribution in [1.82, 2.24) is 0 Å². The van der Waals surface area contributed by atoms with E-state index in [1.165, 1.54) is 38.0 Å². The van der Waals surface area contributed by atoms with E-state index in [1.54, 1.807) is 30.3 Å². The number of primary amides is 1. The Morgan fingerprint density at radius 1 is 1.12 bits per heavy atom. The lowest BCUT2D eigenvalue weighted by molar-refractivity contribution is -0.122. The van der Waals surface area contributed by atoms with Gasteiger partial charge in [0.15, 0.2) is 11.5 Å². The van der Waals surface area contributed by atoms with Gasteiger partial charge in [0.2, 0.25) is 23.5 Å². The number of anilines is 2. The third-order valence-corrected chi connectivity index (χ3v) is 6.07. The van der Waals surface area contributed by atoms with Crippen molar-refractivity contribution in [1.29, 1.82) is 0 Å². The van der Waals surface area contributed by atoms with Crippen LogP contribution in [0, 0.1) is 5.92 Å². The Kier molecular flexibility index (Phi) is 7.47. The Balaban J connectivity index is 1.77. The summed E-state index contributed by atoms with van der Waals surface area (Å²) in [6.07, 6.45) is 0.0685. The number of carbonyl (C=O) groups is 3. The van der Waals surface area contributed by atoms with E-state index in [0.29, 0.717) is 28.6 Å². The third-order valence-electron chi connectivity index (χ3n) is 4.97. The van der Waals surface area contributed by atoms with Gasteiger partial charge in [-0.3, -0.25) is 14.4 Å². The molecule has 9 nitrogen and oxygen atoms in total. The van der Waals surface area contributed by atoms with Crippen molar-refractivity contribution >= 4 is 40.9 Å². The van der Waals surface area contributed by atoms with Crippen LogP contribution in [-0.2, 0) is 14.4 Å². The van der Waals surface area contributed by atoms with Crippen LogP contribution in [-0.4, -0.2) is 51.3 Å². The minimum atomic E-state index is -0.546. The number of amides is 3. The van der Waals surface area contributed by atoms with E-state index in [0.717, 1.165) is 4.90 Å². The van der Waals surface area contributed by atoms with Crippen LogP contribution < -0.4 is 30.2 Å². The first-order valence-electron chi connectivity index (χ1n) is 9.79. The molecule has 3 N–H and O–H groups in total. The molecule has 1 aliphatic heterocycles. The summed E-state index contributed by atoms with van der Waals surface area (Å²) in [7, 11) is 4.49. The van der Waals surface area contributed by atoms with E-state index in [1.807, 2.05) is 6.07 Å². The molecule has 0 aliphatic carbocycles. The average molecular weight is 460 g/mol. The van der Waals surface area contributed by atoms with Crippen molar-refractivity contribution in [2.24, 2.45) is 11.7 Å². The fourth-order valence-corrected chi connectivity index (χ4v) is 4.18. The van der Waals surface area contributed by atoms with Crippen LogP contribution in [0.3, 0.4) is 0 Å². The summed E-state index contributed by atoms with van der Waals surface area (Å²) in [5, 5.41) is 2.87. The van der Waals surface area contributed by atoms with E-state index in [9.17, 15) is 14.4 Å². The Morgan fingerprint density at radius 2 is 1.78 bits per heavy atom. The second-order valence-electron chi connectivity index (χ2n) is 7.03. The molecule has 1 fully saturated rings. The number of nitrogens with two attached hydrogens (primary N) is 1. The average Bonchev–Trinajstić information content (AvgIpc) is 3.19. The predicted octanol–water partition coefficient (Wildman–Crippen LogP) is 2.28. The van der Waals surface area contributed by atoms with Crippen LogP contribution in [0.15, 0.2) is 41.3 Å². The highest BCUT2D eigenvalue weighted by atomic mass is 32.2.